The first kappa shape index (κ1) is 15.8. The van der Waals surface area contributed by atoms with Gasteiger partial charge in [-0.25, -0.2) is 8.78 Å². The Morgan fingerprint density at radius 1 is 1.19 bits per heavy atom. The number of hydrogen-bond donors (Lipinski definition) is 0. The van der Waals surface area contributed by atoms with Crippen molar-refractivity contribution in [2.45, 2.75) is 33.3 Å². The van der Waals surface area contributed by atoms with Crippen molar-refractivity contribution in [3.63, 3.8) is 0 Å². The molecule has 0 bridgehead atoms. The lowest BCUT2D eigenvalue weighted by Crippen LogP contribution is -2.21. The van der Waals surface area contributed by atoms with Gasteiger partial charge in [0.15, 0.2) is 6.10 Å². The number of alkyl halides is 2. The van der Waals surface area contributed by atoms with Gasteiger partial charge in [-0.05, 0) is 35.6 Å². The highest BCUT2D eigenvalue weighted by Crippen LogP contribution is 2.30. The Kier molecular flexibility index (Phi) is 4.55. The van der Waals surface area contributed by atoms with Crippen LogP contribution in [0.5, 0.6) is 5.75 Å². The number of fused-ring (bicyclic) bond motifs is 1. The van der Waals surface area contributed by atoms with Gasteiger partial charge in [-0.3, -0.25) is 0 Å². The van der Waals surface area contributed by atoms with E-state index in [9.17, 15) is 8.78 Å². The fourth-order valence-corrected chi connectivity index (χ4v) is 2.53. The second kappa shape index (κ2) is 6.04. The molecule has 0 unspecified atom stereocenters. The third-order valence-corrected chi connectivity index (χ3v) is 3.41. The summed E-state index contributed by atoms with van der Waals surface area (Å²) < 4.78 is 32.6. The summed E-state index contributed by atoms with van der Waals surface area (Å²) in [5.41, 5.74) is 2.49. The smallest absolute Gasteiger partial charge is 0.155 e. The number of benzene rings is 1. The Bertz CT molecular complexity index is 609. The first-order valence-electron chi connectivity index (χ1n) is 7.20. The Morgan fingerprint density at radius 2 is 1.86 bits per heavy atom. The SMILES string of the molecule is Cn1cc(CC(C)(C)C)c2cc(OC(CF)CF)ccc21. The van der Waals surface area contributed by atoms with Crippen LogP contribution in [-0.4, -0.2) is 24.0 Å². The summed E-state index contributed by atoms with van der Waals surface area (Å²) in [6.45, 7) is 4.92. The van der Waals surface area contributed by atoms with Crippen LogP contribution in [0.3, 0.4) is 0 Å². The van der Waals surface area contributed by atoms with E-state index >= 15 is 0 Å². The number of aromatic nitrogens is 1. The van der Waals surface area contributed by atoms with Crippen LogP contribution >= 0.6 is 0 Å². The second-order valence-electron chi connectivity index (χ2n) is 6.73. The van der Waals surface area contributed by atoms with Crippen LogP contribution in [0.1, 0.15) is 26.3 Å². The molecule has 2 aromatic rings. The Balaban J connectivity index is 2.38. The van der Waals surface area contributed by atoms with Gasteiger partial charge in [0.2, 0.25) is 0 Å². The lowest BCUT2D eigenvalue weighted by molar-refractivity contribution is 0.134. The lowest BCUT2D eigenvalue weighted by Gasteiger charge is -2.17. The zero-order chi connectivity index (χ0) is 15.6. The van der Waals surface area contributed by atoms with Gasteiger partial charge >= 0.3 is 0 Å². The molecular weight excluding hydrogens is 272 g/mol. The summed E-state index contributed by atoms with van der Waals surface area (Å²) in [4.78, 5) is 0. The third-order valence-electron chi connectivity index (χ3n) is 3.41. The Morgan fingerprint density at radius 3 is 2.43 bits per heavy atom. The normalized spacial score (nSPS) is 12.3. The largest absolute Gasteiger partial charge is 0.485 e. The number of nitrogens with zero attached hydrogens (tertiary/aromatic N) is 1. The van der Waals surface area contributed by atoms with E-state index in [1.807, 2.05) is 19.2 Å². The molecule has 1 heterocycles. The standard InChI is InChI=1S/C17H23F2NO/c1-17(2,3)8-12-11-20(4)16-6-5-13(7-15(12)16)21-14(9-18)10-19/h5-7,11,14H,8-10H2,1-4H3. The summed E-state index contributed by atoms with van der Waals surface area (Å²) in [5, 5.41) is 1.08. The molecule has 0 aliphatic heterocycles. The predicted octanol–water partition coefficient (Wildman–Crippen LogP) is 4.45. The molecule has 0 amide bonds. The van der Waals surface area contributed by atoms with Gasteiger partial charge in [-0.1, -0.05) is 20.8 Å². The van der Waals surface area contributed by atoms with Crippen LogP contribution in [0, 0.1) is 5.41 Å². The van der Waals surface area contributed by atoms with Gasteiger partial charge in [-0.15, -0.1) is 0 Å². The second-order valence-corrected chi connectivity index (χ2v) is 6.73. The minimum Gasteiger partial charge on any atom is -0.485 e. The molecule has 0 N–H and O–H groups in total. The van der Waals surface area contributed by atoms with Crippen LogP contribution in [0.15, 0.2) is 24.4 Å². The van der Waals surface area contributed by atoms with Gasteiger partial charge in [0.25, 0.3) is 0 Å². The van der Waals surface area contributed by atoms with Crippen LogP contribution in [-0.2, 0) is 13.5 Å². The molecule has 0 atom stereocenters. The zero-order valence-electron chi connectivity index (χ0n) is 13.1. The fraction of sp³-hybridized carbons (Fsp3) is 0.529. The van der Waals surface area contributed by atoms with E-state index in [1.165, 1.54) is 5.56 Å². The number of aryl methyl sites for hydroxylation is 1. The minimum absolute atomic E-state index is 0.172. The van der Waals surface area contributed by atoms with E-state index in [0.717, 1.165) is 17.3 Å². The molecule has 1 aromatic carbocycles. The van der Waals surface area contributed by atoms with Gasteiger partial charge in [0.05, 0.1) is 0 Å². The van der Waals surface area contributed by atoms with Crippen molar-refractivity contribution in [2.24, 2.45) is 12.5 Å². The minimum atomic E-state index is -1.02. The zero-order valence-corrected chi connectivity index (χ0v) is 13.1. The monoisotopic (exact) mass is 295 g/mol. The van der Waals surface area contributed by atoms with Crippen LogP contribution in [0.25, 0.3) is 10.9 Å². The van der Waals surface area contributed by atoms with Crippen molar-refractivity contribution >= 4 is 10.9 Å². The molecule has 2 nitrogen and oxygen atoms in total. The number of rotatable bonds is 5. The first-order chi connectivity index (χ1) is 9.84. The Labute approximate surface area is 124 Å². The van der Waals surface area contributed by atoms with E-state index < -0.39 is 19.5 Å². The molecule has 2 rings (SSSR count). The molecule has 1 aromatic heterocycles. The van der Waals surface area contributed by atoms with Gasteiger partial charge in [0, 0.05) is 24.1 Å². The Hall–Kier alpha value is -1.58. The highest BCUT2D eigenvalue weighted by atomic mass is 19.1. The average Bonchev–Trinajstić information content (AvgIpc) is 2.70. The van der Waals surface area contributed by atoms with Gasteiger partial charge < -0.3 is 9.30 Å². The highest BCUT2D eigenvalue weighted by Gasteiger charge is 2.17. The number of halogens is 2. The topological polar surface area (TPSA) is 14.2 Å². The van der Waals surface area contributed by atoms with E-state index in [0.29, 0.717) is 5.75 Å². The summed E-state index contributed by atoms with van der Waals surface area (Å²) >= 11 is 0. The maximum atomic E-state index is 12.6. The van der Waals surface area contributed by atoms with Crippen molar-refractivity contribution in [3.8, 4) is 5.75 Å². The van der Waals surface area contributed by atoms with Crippen molar-refractivity contribution in [1.82, 2.24) is 4.57 Å². The van der Waals surface area contributed by atoms with Gasteiger partial charge in [0.1, 0.15) is 19.1 Å². The molecule has 0 spiro atoms. The maximum Gasteiger partial charge on any atom is 0.155 e. The van der Waals surface area contributed by atoms with Crippen molar-refractivity contribution in [1.29, 1.82) is 0 Å². The van der Waals surface area contributed by atoms with Crippen LogP contribution in [0.2, 0.25) is 0 Å². The molecule has 0 fully saturated rings. The van der Waals surface area contributed by atoms with Gasteiger partial charge in [-0.2, -0.15) is 0 Å². The third kappa shape index (κ3) is 3.74. The molecule has 21 heavy (non-hydrogen) atoms. The first-order valence-corrected chi connectivity index (χ1v) is 7.20. The molecule has 4 heteroatoms. The molecule has 0 saturated carbocycles. The van der Waals surface area contributed by atoms with Crippen molar-refractivity contribution < 1.29 is 13.5 Å². The lowest BCUT2D eigenvalue weighted by atomic mass is 9.88. The van der Waals surface area contributed by atoms with E-state index in [-0.39, 0.29) is 5.41 Å². The molecular formula is C17H23F2NO. The summed E-state index contributed by atoms with van der Waals surface area (Å²) in [6.07, 6.45) is 2.03. The maximum absolute atomic E-state index is 12.6. The van der Waals surface area contributed by atoms with Crippen molar-refractivity contribution in [3.05, 3.63) is 30.0 Å². The van der Waals surface area contributed by atoms with Crippen LogP contribution in [0.4, 0.5) is 8.78 Å². The summed E-state index contributed by atoms with van der Waals surface area (Å²) in [6, 6.07) is 5.58. The molecule has 0 aliphatic carbocycles. The highest BCUT2D eigenvalue weighted by molar-refractivity contribution is 5.85. The summed E-state index contributed by atoms with van der Waals surface area (Å²) in [7, 11) is 2.00. The van der Waals surface area contributed by atoms with E-state index in [2.05, 4.69) is 31.5 Å². The summed E-state index contributed by atoms with van der Waals surface area (Å²) in [5.74, 6) is 0.518. The molecule has 0 radical (unpaired) electrons. The van der Waals surface area contributed by atoms with Crippen LogP contribution < -0.4 is 4.74 Å². The van der Waals surface area contributed by atoms with E-state index in [1.54, 1.807) is 6.07 Å². The number of ether oxygens (including phenoxy) is 1. The van der Waals surface area contributed by atoms with Crippen molar-refractivity contribution in [2.75, 3.05) is 13.3 Å². The molecule has 0 aliphatic rings. The molecule has 0 saturated heterocycles. The predicted molar refractivity (Wildman–Crippen MR) is 82.4 cm³/mol. The molecule has 116 valence electrons. The average molecular weight is 295 g/mol. The quantitative estimate of drug-likeness (QED) is 0.794. The fourth-order valence-electron chi connectivity index (χ4n) is 2.53. The number of hydrogen-bond acceptors (Lipinski definition) is 1. The van der Waals surface area contributed by atoms with E-state index in [4.69, 9.17) is 4.74 Å².